The van der Waals surface area contributed by atoms with Gasteiger partial charge in [-0.15, -0.1) is 0 Å². The number of esters is 1. The lowest BCUT2D eigenvalue weighted by atomic mass is 10.0. The molecule has 0 fully saturated rings. The van der Waals surface area contributed by atoms with Gasteiger partial charge in [0.2, 0.25) is 5.78 Å². The third-order valence-corrected chi connectivity index (χ3v) is 2.29. The number of carbonyl (C=O) groups is 2. The number of methoxy groups -OCH3 is 1. The molecule has 0 aliphatic heterocycles. The molecule has 10 heteroatoms. The maximum Gasteiger partial charge on any atom is 0.348 e. The summed E-state index contributed by atoms with van der Waals surface area (Å²) in [7, 11) is 0.840. The highest BCUT2D eigenvalue weighted by molar-refractivity contribution is 6.13. The van der Waals surface area contributed by atoms with Gasteiger partial charge in [-0.1, -0.05) is 0 Å². The molecule has 0 bridgehead atoms. The third kappa shape index (κ3) is 2.91. The number of carbonyl (C=O) groups excluding carboxylic acids is 2. The first-order chi connectivity index (χ1) is 9.29. The van der Waals surface area contributed by atoms with Crippen LogP contribution in [0.3, 0.4) is 0 Å². The maximum atomic E-state index is 13.4. The second-order valence-corrected chi connectivity index (χ2v) is 3.47. The van der Waals surface area contributed by atoms with E-state index in [0.717, 1.165) is 13.2 Å². The molecule has 0 amide bonds. The highest BCUT2D eigenvalue weighted by Crippen LogP contribution is 2.26. The fourth-order valence-electron chi connectivity index (χ4n) is 1.34. The fourth-order valence-corrected chi connectivity index (χ4v) is 1.34. The number of halogens is 1. The minimum absolute atomic E-state index is 0.511. The molecule has 0 spiro atoms. The molecule has 0 heterocycles. The number of alkyl halides is 1. The molecule has 1 atom stereocenters. The van der Waals surface area contributed by atoms with Crippen molar-refractivity contribution in [2.75, 3.05) is 7.11 Å². The molecule has 0 saturated carbocycles. The van der Waals surface area contributed by atoms with Gasteiger partial charge < -0.3 is 4.74 Å². The van der Waals surface area contributed by atoms with Crippen LogP contribution < -0.4 is 0 Å². The highest BCUT2D eigenvalue weighted by atomic mass is 19.1. The van der Waals surface area contributed by atoms with E-state index in [1.54, 1.807) is 0 Å². The van der Waals surface area contributed by atoms with Crippen LogP contribution in [-0.4, -0.2) is 34.9 Å². The van der Waals surface area contributed by atoms with Crippen LogP contribution in [0, 0.1) is 20.2 Å². The summed E-state index contributed by atoms with van der Waals surface area (Å²) < 4.78 is 17.4. The molecule has 1 unspecified atom stereocenters. The van der Waals surface area contributed by atoms with Gasteiger partial charge in [0.15, 0.2) is 0 Å². The largest absolute Gasteiger partial charge is 0.467 e. The summed E-state index contributed by atoms with van der Waals surface area (Å²) in [6.07, 6.45) is -2.74. The number of ketones is 1. The van der Waals surface area contributed by atoms with Crippen LogP contribution in [0.15, 0.2) is 18.2 Å². The Morgan fingerprint density at radius 2 is 1.85 bits per heavy atom. The summed E-state index contributed by atoms with van der Waals surface area (Å²) in [6.45, 7) is 0. The molecule has 0 aliphatic carbocycles. The summed E-state index contributed by atoms with van der Waals surface area (Å²) >= 11 is 0. The molecular formula is C10H7FN2O7. The van der Waals surface area contributed by atoms with Crippen molar-refractivity contribution >= 4 is 23.1 Å². The van der Waals surface area contributed by atoms with Gasteiger partial charge >= 0.3 is 5.97 Å². The van der Waals surface area contributed by atoms with E-state index in [1.807, 2.05) is 0 Å². The van der Waals surface area contributed by atoms with Crippen LogP contribution in [0.2, 0.25) is 0 Å². The summed E-state index contributed by atoms with van der Waals surface area (Å²) in [4.78, 5) is 41.8. The maximum absolute atomic E-state index is 13.4. The Labute approximate surface area is 110 Å². The van der Waals surface area contributed by atoms with Gasteiger partial charge in [0.05, 0.1) is 28.6 Å². The number of non-ortho nitro benzene ring substituents is 1. The van der Waals surface area contributed by atoms with E-state index in [9.17, 15) is 34.2 Å². The standard InChI is InChI=1S/C10H7FN2O7/c1-20-10(15)8(11)9(14)6-3-2-5(12(16)17)4-7(6)13(18)19/h2-4,8H,1H3. The number of Topliss-reactive ketones (excluding diaryl/α,β-unsaturated/α-hetero) is 1. The molecule has 0 N–H and O–H groups in total. The normalized spacial score (nSPS) is 11.5. The van der Waals surface area contributed by atoms with Gasteiger partial charge in [-0.2, -0.15) is 0 Å². The average molecular weight is 286 g/mol. The summed E-state index contributed by atoms with van der Waals surface area (Å²) in [5.74, 6) is -3.01. The second-order valence-electron chi connectivity index (χ2n) is 3.47. The Morgan fingerprint density at radius 3 is 2.30 bits per heavy atom. The smallest absolute Gasteiger partial charge is 0.348 e. The van der Waals surface area contributed by atoms with Crippen molar-refractivity contribution in [1.82, 2.24) is 0 Å². The lowest BCUT2D eigenvalue weighted by molar-refractivity contribution is -0.394. The summed E-state index contributed by atoms with van der Waals surface area (Å²) in [5, 5.41) is 21.3. The molecule has 106 valence electrons. The zero-order valence-electron chi connectivity index (χ0n) is 9.94. The minimum atomic E-state index is -2.74. The van der Waals surface area contributed by atoms with Gasteiger partial charge in [0, 0.05) is 6.07 Å². The molecule has 1 rings (SSSR count). The zero-order valence-corrected chi connectivity index (χ0v) is 9.94. The number of hydrogen-bond acceptors (Lipinski definition) is 7. The van der Waals surface area contributed by atoms with Crippen molar-refractivity contribution in [3.8, 4) is 0 Å². The SMILES string of the molecule is COC(=O)C(F)C(=O)c1ccc([N+](=O)[O-])cc1[N+](=O)[O-]. The van der Waals surface area contributed by atoms with Crippen molar-refractivity contribution in [2.24, 2.45) is 0 Å². The predicted octanol–water partition coefficient (Wildman–Crippen LogP) is 1.20. The first-order valence-electron chi connectivity index (χ1n) is 4.98. The van der Waals surface area contributed by atoms with Crippen molar-refractivity contribution in [3.63, 3.8) is 0 Å². The molecule has 0 aliphatic rings. The molecular weight excluding hydrogens is 279 g/mol. The molecule has 9 nitrogen and oxygen atoms in total. The minimum Gasteiger partial charge on any atom is -0.467 e. The Morgan fingerprint density at radius 1 is 1.25 bits per heavy atom. The van der Waals surface area contributed by atoms with E-state index in [2.05, 4.69) is 4.74 Å². The molecule has 20 heavy (non-hydrogen) atoms. The van der Waals surface area contributed by atoms with Crippen LogP contribution >= 0.6 is 0 Å². The topological polar surface area (TPSA) is 130 Å². The average Bonchev–Trinajstić information content (AvgIpc) is 2.43. The highest BCUT2D eigenvalue weighted by Gasteiger charge is 2.33. The van der Waals surface area contributed by atoms with Crippen LogP contribution in [-0.2, 0) is 9.53 Å². The number of ether oxygens (including phenoxy) is 1. The Balaban J connectivity index is 3.31. The predicted molar refractivity (Wildman–Crippen MR) is 61.0 cm³/mol. The van der Waals surface area contributed by atoms with E-state index in [4.69, 9.17) is 0 Å². The number of hydrogen-bond donors (Lipinski definition) is 0. The van der Waals surface area contributed by atoms with E-state index in [-0.39, 0.29) is 0 Å². The van der Waals surface area contributed by atoms with Crippen LogP contribution in [0.4, 0.5) is 15.8 Å². The Kier molecular flexibility index (Phi) is 4.41. The molecule has 1 aromatic carbocycles. The molecule has 1 aromatic rings. The summed E-state index contributed by atoms with van der Waals surface area (Å²) in [6, 6.07) is 2.02. The van der Waals surface area contributed by atoms with Crippen LogP contribution in [0.25, 0.3) is 0 Å². The molecule has 0 saturated heterocycles. The lowest BCUT2D eigenvalue weighted by Crippen LogP contribution is -2.27. The zero-order chi connectivity index (χ0) is 15.4. The first-order valence-corrected chi connectivity index (χ1v) is 4.98. The summed E-state index contributed by atoms with van der Waals surface area (Å²) in [5.41, 5.74) is -2.35. The third-order valence-electron chi connectivity index (χ3n) is 2.29. The van der Waals surface area contributed by atoms with E-state index in [1.165, 1.54) is 0 Å². The van der Waals surface area contributed by atoms with Gasteiger partial charge in [-0.25, -0.2) is 9.18 Å². The second kappa shape index (κ2) is 5.82. The number of nitro groups is 2. The monoisotopic (exact) mass is 286 g/mol. The number of nitro benzene ring substituents is 2. The molecule has 0 aromatic heterocycles. The number of rotatable bonds is 5. The van der Waals surface area contributed by atoms with Crippen molar-refractivity contribution in [3.05, 3.63) is 44.0 Å². The lowest BCUT2D eigenvalue weighted by Gasteiger charge is -2.05. The van der Waals surface area contributed by atoms with Gasteiger partial charge in [-0.3, -0.25) is 25.0 Å². The van der Waals surface area contributed by atoms with E-state index < -0.39 is 44.7 Å². The van der Waals surface area contributed by atoms with E-state index >= 15 is 0 Å². The Bertz CT molecular complexity index is 601. The number of benzene rings is 1. The van der Waals surface area contributed by atoms with Crippen molar-refractivity contribution < 1.29 is 28.6 Å². The van der Waals surface area contributed by atoms with Gasteiger partial charge in [0.25, 0.3) is 17.5 Å². The first kappa shape index (κ1) is 15.1. The van der Waals surface area contributed by atoms with Gasteiger partial charge in [-0.05, 0) is 6.07 Å². The van der Waals surface area contributed by atoms with Crippen LogP contribution in [0.5, 0.6) is 0 Å². The van der Waals surface area contributed by atoms with E-state index in [0.29, 0.717) is 12.1 Å². The molecule has 0 radical (unpaired) electrons. The quantitative estimate of drug-likeness (QED) is 0.261. The Hall–Kier alpha value is -2.91. The van der Waals surface area contributed by atoms with Crippen molar-refractivity contribution in [1.29, 1.82) is 0 Å². The van der Waals surface area contributed by atoms with Gasteiger partial charge in [0.1, 0.15) is 0 Å². The number of nitrogens with zero attached hydrogens (tertiary/aromatic N) is 2. The van der Waals surface area contributed by atoms with Crippen LogP contribution in [0.1, 0.15) is 10.4 Å². The fraction of sp³-hybridized carbons (Fsp3) is 0.200. The van der Waals surface area contributed by atoms with Crippen molar-refractivity contribution in [2.45, 2.75) is 6.17 Å².